The summed E-state index contributed by atoms with van der Waals surface area (Å²) in [5.41, 5.74) is 0. The predicted molar refractivity (Wildman–Crippen MR) is 63.7 cm³/mol. The standard InChI is InChI=1S/C10H24NO4P/c1-5-9-10-14-16(12,13)15-11(6-2,7-3)8-4/h5-10H2,1-4H3/p+1. The Bertz CT molecular complexity index is 223. The summed E-state index contributed by atoms with van der Waals surface area (Å²) in [5, 5.41) is 0. The van der Waals surface area contributed by atoms with Crippen molar-refractivity contribution in [2.75, 3.05) is 26.2 Å². The number of phosphoric ester groups is 1. The number of hydrogen-bond donors (Lipinski definition) is 1. The molecule has 0 radical (unpaired) electrons. The highest BCUT2D eigenvalue weighted by atomic mass is 31.2. The lowest BCUT2D eigenvalue weighted by molar-refractivity contribution is -1.08. The van der Waals surface area contributed by atoms with Gasteiger partial charge in [0.05, 0.1) is 6.61 Å². The zero-order valence-corrected chi connectivity index (χ0v) is 11.7. The highest BCUT2D eigenvalue weighted by molar-refractivity contribution is 7.47. The van der Waals surface area contributed by atoms with E-state index in [1.54, 1.807) is 0 Å². The van der Waals surface area contributed by atoms with Gasteiger partial charge in [-0.15, -0.1) is 0 Å². The van der Waals surface area contributed by atoms with E-state index in [4.69, 9.17) is 9.15 Å². The first-order valence-electron chi connectivity index (χ1n) is 6.00. The number of unbranched alkanes of at least 4 members (excludes halogenated alkanes) is 1. The first kappa shape index (κ1) is 16.1. The average molecular weight is 254 g/mol. The molecule has 1 unspecified atom stereocenters. The molecule has 0 saturated carbocycles. The van der Waals surface area contributed by atoms with Crippen LogP contribution in [-0.4, -0.2) is 35.8 Å². The van der Waals surface area contributed by atoms with Crippen molar-refractivity contribution in [1.82, 2.24) is 0 Å². The minimum atomic E-state index is -3.92. The molecule has 0 heterocycles. The summed E-state index contributed by atoms with van der Waals surface area (Å²) in [6.07, 6.45) is 1.69. The molecular weight excluding hydrogens is 229 g/mol. The maximum absolute atomic E-state index is 11.7. The number of quaternary nitrogens is 1. The van der Waals surface area contributed by atoms with Crippen LogP contribution >= 0.6 is 7.82 Å². The molecule has 0 spiro atoms. The van der Waals surface area contributed by atoms with Gasteiger partial charge in [0, 0.05) is 0 Å². The molecule has 0 aromatic rings. The topological polar surface area (TPSA) is 55.8 Å². The van der Waals surface area contributed by atoms with E-state index in [0.29, 0.717) is 19.6 Å². The lowest BCUT2D eigenvalue weighted by Gasteiger charge is -2.32. The van der Waals surface area contributed by atoms with Crippen molar-refractivity contribution in [3.8, 4) is 0 Å². The number of phosphoric acid groups is 1. The van der Waals surface area contributed by atoms with Crippen molar-refractivity contribution in [1.29, 1.82) is 0 Å². The van der Waals surface area contributed by atoms with E-state index in [1.807, 2.05) is 27.7 Å². The summed E-state index contributed by atoms with van der Waals surface area (Å²) in [7, 11) is -3.92. The molecule has 0 amide bonds. The van der Waals surface area contributed by atoms with Crippen LogP contribution in [-0.2, 0) is 13.7 Å². The zero-order valence-electron chi connectivity index (χ0n) is 10.8. The van der Waals surface area contributed by atoms with Crippen molar-refractivity contribution in [2.45, 2.75) is 40.5 Å². The molecule has 0 bridgehead atoms. The van der Waals surface area contributed by atoms with Gasteiger partial charge in [-0.2, -0.15) is 4.65 Å². The summed E-state index contributed by atoms with van der Waals surface area (Å²) in [6.45, 7) is 9.99. The Morgan fingerprint density at radius 1 is 1.12 bits per heavy atom. The molecule has 1 N–H and O–H groups in total. The van der Waals surface area contributed by atoms with Gasteiger partial charge in [-0.25, -0.2) is 4.57 Å². The molecule has 0 fully saturated rings. The Morgan fingerprint density at radius 3 is 2.00 bits per heavy atom. The van der Waals surface area contributed by atoms with Crippen molar-refractivity contribution < 1.29 is 23.3 Å². The molecule has 0 rings (SSSR count). The van der Waals surface area contributed by atoms with Crippen LogP contribution in [0.15, 0.2) is 0 Å². The third kappa shape index (κ3) is 5.41. The van der Waals surface area contributed by atoms with Gasteiger partial charge in [-0.3, -0.25) is 9.42 Å². The van der Waals surface area contributed by atoms with Gasteiger partial charge < -0.3 is 0 Å². The van der Waals surface area contributed by atoms with Crippen LogP contribution in [0.1, 0.15) is 40.5 Å². The molecule has 5 nitrogen and oxygen atoms in total. The second kappa shape index (κ2) is 7.41. The Balaban J connectivity index is 4.36. The first-order valence-corrected chi connectivity index (χ1v) is 7.49. The fourth-order valence-corrected chi connectivity index (χ4v) is 2.60. The fraction of sp³-hybridized carbons (Fsp3) is 1.00. The number of hydrogen-bond acceptors (Lipinski definition) is 3. The molecule has 0 saturated heterocycles. The van der Waals surface area contributed by atoms with E-state index in [-0.39, 0.29) is 11.3 Å². The monoisotopic (exact) mass is 254 g/mol. The summed E-state index contributed by atoms with van der Waals surface area (Å²) in [4.78, 5) is 9.57. The Morgan fingerprint density at radius 2 is 1.62 bits per heavy atom. The Hall–Kier alpha value is 0.0700. The van der Waals surface area contributed by atoms with Gasteiger partial charge >= 0.3 is 7.82 Å². The molecule has 0 aliphatic rings. The van der Waals surface area contributed by atoms with Crippen LogP contribution in [0.5, 0.6) is 0 Å². The predicted octanol–water partition coefficient (Wildman–Crippen LogP) is 2.71. The van der Waals surface area contributed by atoms with Gasteiger partial charge in [-0.1, -0.05) is 18.0 Å². The molecule has 6 heteroatoms. The Kier molecular flexibility index (Phi) is 7.44. The van der Waals surface area contributed by atoms with Crippen molar-refractivity contribution in [3.63, 3.8) is 0 Å². The van der Waals surface area contributed by atoms with E-state index >= 15 is 0 Å². The number of nitrogens with zero attached hydrogens (tertiary/aromatic N) is 1. The van der Waals surface area contributed by atoms with E-state index < -0.39 is 7.82 Å². The van der Waals surface area contributed by atoms with E-state index in [1.165, 1.54) is 0 Å². The summed E-state index contributed by atoms with van der Waals surface area (Å²) >= 11 is 0. The second-order valence-electron chi connectivity index (χ2n) is 3.74. The molecule has 1 atom stereocenters. The summed E-state index contributed by atoms with van der Waals surface area (Å²) < 4.78 is 22.0. The molecule has 0 aromatic carbocycles. The van der Waals surface area contributed by atoms with E-state index in [9.17, 15) is 9.46 Å². The molecule has 0 aromatic heterocycles. The molecule has 98 valence electrons. The molecular formula is C10H25NO4P+. The minimum absolute atomic E-state index is 0.153. The number of rotatable bonds is 9. The summed E-state index contributed by atoms with van der Waals surface area (Å²) in [5.74, 6) is 0. The summed E-state index contributed by atoms with van der Waals surface area (Å²) in [6, 6.07) is 0. The zero-order chi connectivity index (χ0) is 12.7. The van der Waals surface area contributed by atoms with Crippen molar-refractivity contribution >= 4 is 7.82 Å². The third-order valence-electron chi connectivity index (χ3n) is 2.76. The van der Waals surface area contributed by atoms with Crippen molar-refractivity contribution in [3.05, 3.63) is 0 Å². The quantitative estimate of drug-likeness (QED) is 0.297. The Labute approximate surface area is 98.5 Å². The van der Waals surface area contributed by atoms with Crippen LogP contribution in [0.2, 0.25) is 0 Å². The van der Waals surface area contributed by atoms with Gasteiger partial charge in [-0.05, 0) is 27.2 Å². The maximum atomic E-state index is 11.7. The normalized spacial score (nSPS) is 16.1. The van der Waals surface area contributed by atoms with Gasteiger partial charge in [0.2, 0.25) is 0 Å². The minimum Gasteiger partial charge on any atom is -0.300 e. The molecule has 16 heavy (non-hydrogen) atoms. The highest BCUT2D eigenvalue weighted by Crippen LogP contribution is 2.46. The largest absolute Gasteiger partial charge is 0.518 e. The van der Waals surface area contributed by atoms with Gasteiger partial charge in [0.15, 0.2) is 0 Å². The lowest BCUT2D eigenvalue weighted by Crippen LogP contribution is -2.46. The first-order chi connectivity index (χ1) is 7.45. The smallest absolute Gasteiger partial charge is 0.300 e. The van der Waals surface area contributed by atoms with Crippen LogP contribution in [0.25, 0.3) is 0 Å². The van der Waals surface area contributed by atoms with Crippen LogP contribution in [0.3, 0.4) is 0 Å². The van der Waals surface area contributed by atoms with Crippen molar-refractivity contribution in [2.24, 2.45) is 0 Å². The lowest BCUT2D eigenvalue weighted by atomic mass is 10.4. The molecule has 0 aliphatic carbocycles. The van der Waals surface area contributed by atoms with Gasteiger partial charge in [0.1, 0.15) is 19.6 Å². The maximum Gasteiger partial charge on any atom is 0.518 e. The molecule has 0 aliphatic heterocycles. The van der Waals surface area contributed by atoms with Crippen LogP contribution in [0.4, 0.5) is 0 Å². The van der Waals surface area contributed by atoms with Crippen LogP contribution in [0, 0.1) is 0 Å². The van der Waals surface area contributed by atoms with Gasteiger partial charge in [0.25, 0.3) is 0 Å². The van der Waals surface area contributed by atoms with Crippen LogP contribution < -0.4 is 0 Å². The highest BCUT2D eigenvalue weighted by Gasteiger charge is 2.36. The number of hydroxylamine groups is 3. The SMILES string of the molecule is CCCCOP(=O)(O)O[N+](CC)(CC)CC. The second-order valence-corrected chi connectivity index (χ2v) is 5.10. The van der Waals surface area contributed by atoms with E-state index in [0.717, 1.165) is 12.8 Å². The third-order valence-corrected chi connectivity index (χ3v) is 3.82. The van der Waals surface area contributed by atoms with E-state index in [2.05, 4.69) is 0 Å². The average Bonchev–Trinajstić information content (AvgIpc) is 2.26. The fourth-order valence-electron chi connectivity index (χ4n) is 1.41.